The van der Waals surface area contributed by atoms with Gasteiger partial charge in [0.2, 0.25) is 0 Å². The van der Waals surface area contributed by atoms with Crippen LogP contribution in [0.15, 0.2) is 12.2 Å². The fourth-order valence-corrected chi connectivity index (χ4v) is 26.3. The first-order chi connectivity index (χ1) is 34.0. The van der Waals surface area contributed by atoms with Gasteiger partial charge in [-0.15, -0.1) is 0 Å². The van der Waals surface area contributed by atoms with Crippen LogP contribution in [0, 0.1) is 11.3 Å². The van der Waals surface area contributed by atoms with E-state index >= 15 is 0 Å². The van der Waals surface area contributed by atoms with E-state index in [1.165, 1.54) is 0 Å². The molecule has 1 saturated carbocycles. The maximum Gasteiger partial charge on any atom is 0.152 e. The Balaban J connectivity index is 1.22. The molecular formula is C68H12O. The van der Waals surface area contributed by atoms with E-state index in [-0.39, 0.29) is 27.9 Å². The van der Waals surface area contributed by atoms with Gasteiger partial charge in [-0.05, 0) is 337 Å². The van der Waals surface area contributed by atoms with Crippen LogP contribution in [0.25, 0.3) is 291 Å². The molecule has 1 nitrogen and oxygen atoms in total. The van der Waals surface area contributed by atoms with Crippen LogP contribution in [0.2, 0.25) is 0 Å². The maximum absolute atomic E-state index is 13.6. The molecule has 1 fully saturated rings. The quantitative estimate of drug-likeness (QED) is 0.125. The van der Waals surface area contributed by atoms with Gasteiger partial charge in [-0.2, -0.15) is 0 Å². The van der Waals surface area contributed by atoms with Crippen LogP contribution in [0.3, 0.4) is 0 Å². The topological polar surface area (TPSA) is 17.1 Å². The molecule has 5 aliphatic rings. The number of benzene rings is 18. The average molecular weight is 845 g/mol. The Morgan fingerprint density at radius 3 is 0.609 bits per heavy atom. The van der Waals surface area contributed by atoms with E-state index in [1.807, 2.05) is 6.08 Å². The second kappa shape index (κ2) is 5.64. The molecular weight excluding hydrogens is 833 g/mol. The molecule has 5 aliphatic carbocycles. The standard InChI is InChI=1S/C68H12O/c1-6(69)4-5-7-66(2,3)68-64-58-52-42-30-22-14-10-8-9-12-16(14)24(30)34-28-20(12)21-13(9)17-15-11(8)19-18(10)26-32(22)40-46-36(26)37-27(19)33-23(15)31-25(17)35-29(21)39-38(28)50(44(34)52)60(64)61-51(39)45(35)53-43(31)49-41(33)47(37)55-54(46)62(56(58)48(40)42)67(7,68)63(55)57(49)59(53)65(61)68/h4-5,7H,1-3H3/b5-4+. The van der Waals surface area contributed by atoms with Gasteiger partial charge in [0.15, 0.2) is 5.78 Å². The summed E-state index contributed by atoms with van der Waals surface area (Å²) < 4.78 is 0. The lowest BCUT2D eigenvalue weighted by Gasteiger charge is -2.75. The molecule has 0 N–H and O–H groups in total. The lowest BCUT2D eigenvalue weighted by Crippen LogP contribution is -2.76. The highest BCUT2D eigenvalue weighted by atomic mass is 16.1. The molecule has 1 heteroatoms. The van der Waals surface area contributed by atoms with Gasteiger partial charge in [0, 0.05) is 10.8 Å². The normalized spacial score (nSPS) is 21.8. The Bertz CT molecular complexity index is 7070. The molecule has 0 saturated heterocycles. The molecule has 0 amide bonds. The van der Waals surface area contributed by atoms with E-state index in [2.05, 4.69) is 19.9 Å². The van der Waals surface area contributed by atoms with E-state index < -0.39 is 0 Å². The predicted molar refractivity (Wildman–Crippen MR) is 291 cm³/mol. The summed E-state index contributed by atoms with van der Waals surface area (Å²) in [6, 6.07) is 0. The fourth-order valence-electron chi connectivity index (χ4n) is 26.3. The van der Waals surface area contributed by atoms with Crippen molar-refractivity contribution >= 4 is 297 Å². The molecule has 2 spiro atoms. The minimum Gasteiger partial charge on any atom is -0.295 e. The second-order valence-electron chi connectivity index (χ2n) is 26.5. The zero-order valence-corrected chi connectivity index (χ0v) is 36.1. The number of ketones is 1. The van der Waals surface area contributed by atoms with Crippen LogP contribution in [0.1, 0.15) is 43.0 Å². The van der Waals surface area contributed by atoms with Crippen LogP contribution in [0.4, 0.5) is 0 Å². The van der Waals surface area contributed by atoms with Gasteiger partial charge in [-0.3, -0.25) is 4.79 Å². The van der Waals surface area contributed by atoms with Crippen molar-refractivity contribution in [2.45, 2.75) is 31.6 Å². The monoisotopic (exact) mass is 844 g/mol. The Morgan fingerprint density at radius 2 is 0.435 bits per heavy atom. The van der Waals surface area contributed by atoms with Crippen molar-refractivity contribution in [3.05, 3.63) is 34.4 Å². The van der Waals surface area contributed by atoms with Crippen LogP contribution in [-0.2, 0) is 15.6 Å². The number of hydrogen-bond donors (Lipinski definition) is 0. The number of carbonyl (C=O) groups excluding carboxylic acids is 1. The molecule has 0 radical (unpaired) electrons. The third-order valence-electron chi connectivity index (χ3n) is 26.1. The Morgan fingerprint density at radius 1 is 0.275 bits per heavy atom. The molecule has 1 unspecified atom stereocenters. The number of allylic oxidation sites excluding steroid dienone is 2. The van der Waals surface area contributed by atoms with Crippen molar-refractivity contribution in [1.29, 1.82) is 0 Å². The van der Waals surface area contributed by atoms with Crippen molar-refractivity contribution in [2.75, 3.05) is 0 Å². The summed E-state index contributed by atoms with van der Waals surface area (Å²) in [5.41, 5.74) is 6.09. The molecule has 0 bridgehead atoms. The number of rotatable bonds is 2. The van der Waals surface area contributed by atoms with E-state index in [4.69, 9.17) is 0 Å². The van der Waals surface area contributed by atoms with Gasteiger partial charge < -0.3 is 0 Å². The van der Waals surface area contributed by atoms with Crippen molar-refractivity contribution in [3.63, 3.8) is 0 Å². The first kappa shape index (κ1) is 25.9. The van der Waals surface area contributed by atoms with E-state index in [0.29, 0.717) is 0 Å². The SMILES string of the molecule is CC(=O)/C=C/C1C(C)(C)C23c4c5c6c7c8c9c(c%10c%11c2c2c4c4c%12c5c5c6c6c8c8c%13c9c9c%10c%10c%11c%11c2c2c4c4c%12c%12c5c5c6c8c6c8c%13c9c9c%10c%10c%11c2c2c4c4c%12c5c6c5c8c9c%10c2c45)C713. The van der Waals surface area contributed by atoms with Crippen molar-refractivity contribution in [3.8, 4) is 0 Å². The summed E-state index contributed by atoms with van der Waals surface area (Å²) in [6.07, 6.45) is 4.52. The first-order valence-electron chi connectivity index (χ1n) is 26.0. The fraction of sp³-hybridized carbons (Fsp3) is 0.103. The van der Waals surface area contributed by atoms with Gasteiger partial charge in [-0.1, -0.05) is 19.9 Å². The summed E-state index contributed by atoms with van der Waals surface area (Å²) in [5.74, 6) is 0.334. The van der Waals surface area contributed by atoms with Gasteiger partial charge in [0.1, 0.15) is 0 Å². The van der Waals surface area contributed by atoms with Gasteiger partial charge >= 0.3 is 0 Å². The van der Waals surface area contributed by atoms with Crippen LogP contribution >= 0.6 is 0 Å². The Labute approximate surface area is 376 Å². The molecule has 69 heavy (non-hydrogen) atoms. The molecule has 0 heterocycles. The van der Waals surface area contributed by atoms with Crippen molar-refractivity contribution < 1.29 is 4.79 Å². The smallest absolute Gasteiger partial charge is 0.152 e. The minimum absolute atomic E-state index is 0.157. The molecule has 28 aromatic carbocycles. The van der Waals surface area contributed by atoms with Crippen LogP contribution < -0.4 is 0 Å². The Kier molecular flexibility index (Phi) is 2.11. The lowest BCUT2D eigenvalue weighted by molar-refractivity contribution is -0.113. The molecule has 33 rings (SSSR count). The lowest BCUT2D eigenvalue weighted by atomic mass is 9.25. The molecule has 28 aromatic rings. The zero-order chi connectivity index (χ0) is 41.6. The predicted octanol–water partition coefficient (Wildman–Crippen LogP) is 18.1. The third kappa shape index (κ3) is 1.31. The maximum atomic E-state index is 13.6. The number of hydrogen-bond acceptors (Lipinski definition) is 1. The van der Waals surface area contributed by atoms with Crippen molar-refractivity contribution in [2.24, 2.45) is 11.3 Å². The Hall–Kier alpha value is -8.13. The highest BCUT2D eigenvalue weighted by Gasteiger charge is 2.84. The first-order valence-corrected chi connectivity index (χ1v) is 26.0. The van der Waals surface area contributed by atoms with Gasteiger partial charge in [-0.25, -0.2) is 0 Å². The summed E-state index contributed by atoms with van der Waals surface area (Å²) in [7, 11) is 0. The van der Waals surface area contributed by atoms with E-state index in [1.54, 1.807) is 320 Å². The molecule has 0 aromatic heterocycles. The summed E-state index contributed by atoms with van der Waals surface area (Å²) >= 11 is 0. The molecule has 0 aliphatic heterocycles. The molecule has 290 valence electrons. The minimum atomic E-state index is -0.326. The summed E-state index contributed by atoms with van der Waals surface area (Å²) in [4.78, 5) is 13.6. The zero-order valence-electron chi connectivity index (χ0n) is 36.1. The van der Waals surface area contributed by atoms with E-state index in [9.17, 15) is 4.79 Å². The second-order valence-corrected chi connectivity index (χ2v) is 26.5. The third-order valence-corrected chi connectivity index (χ3v) is 26.1. The van der Waals surface area contributed by atoms with Crippen molar-refractivity contribution in [1.82, 2.24) is 0 Å². The van der Waals surface area contributed by atoms with Gasteiger partial charge in [0.25, 0.3) is 0 Å². The summed E-state index contributed by atoms with van der Waals surface area (Å²) in [5, 5.41) is 88.7. The summed E-state index contributed by atoms with van der Waals surface area (Å²) in [6.45, 7) is 7.18. The highest BCUT2D eigenvalue weighted by Crippen LogP contribution is 2.92. The highest BCUT2D eigenvalue weighted by molar-refractivity contribution is 6.82. The average Bonchev–Trinajstić information content (AvgIpc) is 4.22. The van der Waals surface area contributed by atoms with Crippen LogP contribution in [0.5, 0.6) is 0 Å². The largest absolute Gasteiger partial charge is 0.295 e. The van der Waals surface area contributed by atoms with Gasteiger partial charge in [0.05, 0.1) is 0 Å². The van der Waals surface area contributed by atoms with E-state index in [0.717, 1.165) is 0 Å². The molecule has 1 atom stereocenters. The van der Waals surface area contributed by atoms with Crippen LogP contribution in [-0.4, -0.2) is 5.78 Å². The number of carbonyl (C=O) groups is 1.